The van der Waals surface area contributed by atoms with Crippen LogP contribution in [0.1, 0.15) is 6.42 Å². The van der Waals surface area contributed by atoms with E-state index < -0.39 is 10.0 Å². The van der Waals surface area contributed by atoms with E-state index in [-0.39, 0.29) is 30.7 Å². The number of para-hydroxylation sites is 2. The summed E-state index contributed by atoms with van der Waals surface area (Å²) in [6, 6.07) is 6.50. The van der Waals surface area contributed by atoms with Gasteiger partial charge in [-0.1, -0.05) is 12.1 Å². The minimum atomic E-state index is -3.48. The van der Waals surface area contributed by atoms with Gasteiger partial charge in [-0.25, -0.2) is 13.1 Å². The number of hydrogen-bond acceptors (Lipinski definition) is 5. The zero-order valence-electron chi connectivity index (χ0n) is 10.8. The maximum atomic E-state index is 11.8. The summed E-state index contributed by atoms with van der Waals surface area (Å²) < 4.78 is 31.4. The maximum Gasteiger partial charge on any atom is 0.221 e. The van der Waals surface area contributed by atoms with E-state index >= 15 is 0 Å². The molecular formula is C12H17N3O4S. The molecule has 1 aliphatic heterocycles. The minimum Gasteiger partial charge on any atom is -0.490 e. The predicted octanol–water partition coefficient (Wildman–Crippen LogP) is -0.544. The Morgan fingerprint density at radius 2 is 2.15 bits per heavy atom. The number of sulfonamides is 1. The molecule has 1 amide bonds. The van der Waals surface area contributed by atoms with Gasteiger partial charge >= 0.3 is 0 Å². The first-order valence-electron chi connectivity index (χ1n) is 6.20. The van der Waals surface area contributed by atoms with Crippen LogP contribution in [0.2, 0.25) is 0 Å². The molecule has 0 aliphatic carbocycles. The van der Waals surface area contributed by atoms with Crippen LogP contribution in [0.3, 0.4) is 0 Å². The Morgan fingerprint density at radius 1 is 1.40 bits per heavy atom. The number of amides is 1. The largest absolute Gasteiger partial charge is 0.490 e. The van der Waals surface area contributed by atoms with Gasteiger partial charge in [-0.3, -0.25) is 4.79 Å². The summed E-state index contributed by atoms with van der Waals surface area (Å²) >= 11 is 0. The predicted molar refractivity (Wildman–Crippen MR) is 74.7 cm³/mol. The summed E-state index contributed by atoms with van der Waals surface area (Å²) in [5, 5.41) is 2.57. The van der Waals surface area contributed by atoms with Crippen molar-refractivity contribution in [3.63, 3.8) is 0 Å². The lowest BCUT2D eigenvalue weighted by molar-refractivity contribution is -0.119. The summed E-state index contributed by atoms with van der Waals surface area (Å²) in [6.45, 7) is 0.322. The summed E-state index contributed by atoms with van der Waals surface area (Å²) in [5.74, 6) is 0.123. The van der Waals surface area contributed by atoms with E-state index in [1.54, 1.807) is 24.3 Å². The molecule has 8 heteroatoms. The van der Waals surface area contributed by atoms with Crippen molar-refractivity contribution in [3.8, 4) is 5.75 Å². The van der Waals surface area contributed by atoms with Gasteiger partial charge in [-0.05, 0) is 12.1 Å². The van der Waals surface area contributed by atoms with Gasteiger partial charge in [-0.2, -0.15) is 0 Å². The lowest BCUT2D eigenvalue weighted by Gasteiger charge is -2.12. The molecule has 0 aromatic heterocycles. The second-order valence-electron chi connectivity index (χ2n) is 4.53. The average molecular weight is 299 g/mol. The highest BCUT2D eigenvalue weighted by molar-refractivity contribution is 7.89. The Balaban J connectivity index is 1.81. The topological polar surface area (TPSA) is 111 Å². The first-order chi connectivity index (χ1) is 9.46. The van der Waals surface area contributed by atoms with Gasteiger partial charge in [0.15, 0.2) is 0 Å². The molecule has 1 fully saturated rings. The first kappa shape index (κ1) is 14.6. The smallest absolute Gasteiger partial charge is 0.221 e. The Hall–Kier alpha value is -1.80. The number of hydrogen-bond donors (Lipinski definition) is 3. The second kappa shape index (κ2) is 6.10. The fraction of sp³-hybridized carbons (Fsp3) is 0.417. The molecule has 1 unspecified atom stereocenters. The third-order valence-corrected chi connectivity index (χ3v) is 4.25. The van der Waals surface area contributed by atoms with Crippen LogP contribution in [-0.4, -0.2) is 39.3 Å². The van der Waals surface area contributed by atoms with Gasteiger partial charge in [0.25, 0.3) is 0 Å². The molecule has 1 aliphatic rings. The first-order valence-corrected chi connectivity index (χ1v) is 7.85. The van der Waals surface area contributed by atoms with Crippen molar-refractivity contribution in [3.05, 3.63) is 24.3 Å². The van der Waals surface area contributed by atoms with E-state index in [1.165, 1.54) is 0 Å². The fourth-order valence-corrected chi connectivity index (χ4v) is 2.97. The molecule has 0 radical (unpaired) electrons. The quantitative estimate of drug-likeness (QED) is 0.611. The molecule has 20 heavy (non-hydrogen) atoms. The standard InChI is InChI=1S/C12H17N3O4S/c13-10-3-1-2-4-11(10)19-5-6-20(17,18)15-9-7-12(16)14-8-9/h1-4,9,15H,5-8,13H2,(H,14,16). The van der Waals surface area contributed by atoms with Crippen LogP contribution >= 0.6 is 0 Å². The van der Waals surface area contributed by atoms with Crippen molar-refractivity contribution in [2.24, 2.45) is 0 Å². The Kier molecular flexibility index (Phi) is 4.46. The minimum absolute atomic E-state index is 0.00234. The molecule has 1 aromatic rings. The van der Waals surface area contributed by atoms with E-state index in [4.69, 9.17) is 10.5 Å². The van der Waals surface area contributed by atoms with Gasteiger partial charge in [0, 0.05) is 19.0 Å². The summed E-state index contributed by atoms with van der Waals surface area (Å²) in [4.78, 5) is 11.0. The Morgan fingerprint density at radius 3 is 2.80 bits per heavy atom. The van der Waals surface area contributed by atoms with E-state index in [0.29, 0.717) is 18.0 Å². The molecular weight excluding hydrogens is 282 g/mol. The number of ether oxygens (including phenoxy) is 1. The van der Waals surface area contributed by atoms with E-state index in [0.717, 1.165) is 0 Å². The number of rotatable bonds is 6. The number of benzene rings is 1. The van der Waals surface area contributed by atoms with E-state index in [1.807, 2.05) is 0 Å². The lowest BCUT2D eigenvalue weighted by atomic mass is 10.3. The van der Waals surface area contributed by atoms with Gasteiger partial charge < -0.3 is 15.8 Å². The van der Waals surface area contributed by atoms with E-state index in [2.05, 4.69) is 10.0 Å². The Bertz CT molecular complexity index is 588. The average Bonchev–Trinajstić information content (AvgIpc) is 2.76. The highest BCUT2D eigenvalue weighted by atomic mass is 32.2. The van der Waals surface area contributed by atoms with Crippen LogP contribution < -0.4 is 20.5 Å². The molecule has 1 heterocycles. The number of nitrogens with one attached hydrogen (secondary N) is 2. The number of carbonyl (C=O) groups is 1. The third kappa shape index (κ3) is 4.10. The molecule has 4 N–H and O–H groups in total. The van der Waals surface area contributed by atoms with Crippen LogP contribution in [0.5, 0.6) is 5.75 Å². The zero-order valence-corrected chi connectivity index (χ0v) is 11.7. The molecule has 1 aromatic carbocycles. The van der Waals surface area contributed by atoms with Crippen molar-refractivity contribution >= 4 is 21.6 Å². The highest BCUT2D eigenvalue weighted by Gasteiger charge is 2.25. The fourth-order valence-electron chi connectivity index (χ4n) is 1.87. The SMILES string of the molecule is Nc1ccccc1OCCS(=O)(=O)NC1CNC(=O)C1. The van der Waals surface area contributed by atoms with Crippen molar-refractivity contribution in [2.75, 3.05) is 24.6 Å². The molecule has 1 atom stereocenters. The Labute approximate surface area is 117 Å². The van der Waals surface area contributed by atoms with Crippen molar-refractivity contribution in [2.45, 2.75) is 12.5 Å². The molecule has 1 saturated heterocycles. The molecule has 0 spiro atoms. The number of nitrogen functional groups attached to an aromatic ring is 1. The van der Waals surface area contributed by atoms with Crippen LogP contribution in [0.4, 0.5) is 5.69 Å². The lowest BCUT2D eigenvalue weighted by Crippen LogP contribution is -2.38. The molecule has 0 saturated carbocycles. The van der Waals surface area contributed by atoms with Crippen LogP contribution in [-0.2, 0) is 14.8 Å². The molecule has 110 valence electrons. The van der Waals surface area contributed by atoms with Gasteiger partial charge in [0.1, 0.15) is 12.4 Å². The van der Waals surface area contributed by atoms with Crippen molar-refractivity contribution in [1.82, 2.24) is 10.0 Å². The molecule has 0 bridgehead atoms. The summed E-state index contributed by atoms with van der Waals surface area (Å²) in [7, 11) is -3.48. The van der Waals surface area contributed by atoms with E-state index in [9.17, 15) is 13.2 Å². The zero-order chi connectivity index (χ0) is 14.6. The monoisotopic (exact) mass is 299 g/mol. The summed E-state index contributed by atoms with van der Waals surface area (Å²) in [5.41, 5.74) is 6.14. The van der Waals surface area contributed by atoms with Gasteiger partial charge in [0.2, 0.25) is 15.9 Å². The second-order valence-corrected chi connectivity index (χ2v) is 6.40. The maximum absolute atomic E-state index is 11.8. The normalized spacial score (nSPS) is 18.8. The molecule has 2 rings (SSSR count). The van der Waals surface area contributed by atoms with Gasteiger partial charge in [-0.15, -0.1) is 0 Å². The number of nitrogens with two attached hydrogens (primary N) is 1. The molecule has 7 nitrogen and oxygen atoms in total. The van der Waals surface area contributed by atoms with Crippen molar-refractivity contribution < 1.29 is 17.9 Å². The van der Waals surface area contributed by atoms with Crippen molar-refractivity contribution in [1.29, 1.82) is 0 Å². The van der Waals surface area contributed by atoms with Crippen LogP contribution in [0, 0.1) is 0 Å². The number of anilines is 1. The highest BCUT2D eigenvalue weighted by Crippen LogP contribution is 2.19. The number of carbonyl (C=O) groups excluding carboxylic acids is 1. The van der Waals surface area contributed by atoms with Gasteiger partial charge in [0.05, 0.1) is 11.4 Å². The summed E-state index contributed by atoms with van der Waals surface area (Å²) in [6.07, 6.45) is 0.172. The third-order valence-electron chi connectivity index (χ3n) is 2.85. The van der Waals surface area contributed by atoms with Crippen LogP contribution in [0.15, 0.2) is 24.3 Å². The van der Waals surface area contributed by atoms with Crippen LogP contribution in [0.25, 0.3) is 0 Å².